The summed E-state index contributed by atoms with van der Waals surface area (Å²) in [6.45, 7) is 0.769. The van der Waals surface area contributed by atoms with E-state index in [9.17, 15) is 39.9 Å². The fraction of sp³-hybridized carbons (Fsp3) is 0.444. The monoisotopic (exact) mass is 560 g/mol. The first-order valence-electron chi connectivity index (χ1n) is 12.4. The van der Waals surface area contributed by atoms with Gasteiger partial charge in [-0.25, -0.2) is 0 Å². The highest BCUT2D eigenvalue weighted by molar-refractivity contribution is 7.17. The molecule has 0 bridgehead atoms. The molecular formula is C27H29O11P. The molecule has 2 aromatic carbocycles. The van der Waals surface area contributed by atoms with Crippen LogP contribution in [0.1, 0.15) is 62.4 Å². The minimum atomic E-state index is -1.23. The Morgan fingerprint density at radius 1 is 1.08 bits per heavy atom. The zero-order valence-electron chi connectivity index (χ0n) is 21.2. The molecule has 1 heterocycles. The number of ketones is 3. The minimum Gasteiger partial charge on any atom is -0.507 e. The first kappa shape index (κ1) is 27.6. The Bertz CT molecular complexity index is 1370. The molecule has 0 aromatic heterocycles. The molecule has 1 aliphatic heterocycles. The van der Waals surface area contributed by atoms with Gasteiger partial charge in [0.25, 0.3) is 0 Å². The number of phenols is 2. The number of fused-ring (bicyclic) bond motifs is 3. The van der Waals surface area contributed by atoms with Gasteiger partial charge in [-0.2, -0.15) is 0 Å². The zero-order chi connectivity index (χ0) is 28.3. The topological polar surface area (TPSA) is 180 Å². The van der Waals surface area contributed by atoms with E-state index in [1.54, 1.807) is 6.92 Å². The summed E-state index contributed by atoms with van der Waals surface area (Å²) in [4.78, 5) is 39.7. The SMILES string of the molecule is COc1cccc2c1C(=O)c1c(O)c3c(c(O)c1C2=O)CC(C(=O)CO)CC3OC1OC(C)C(O)C(O)C1P. The van der Waals surface area contributed by atoms with E-state index in [0.29, 0.717) is 0 Å². The number of benzene rings is 2. The lowest BCUT2D eigenvalue weighted by atomic mass is 9.73. The van der Waals surface area contributed by atoms with Crippen LogP contribution in [0.5, 0.6) is 17.2 Å². The molecule has 0 saturated carbocycles. The van der Waals surface area contributed by atoms with Gasteiger partial charge in [0.2, 0.25) is 5.78 Å². The van der Waals surface area contributed by atoms with Crippen LogP contribution in [0, 0.1) is 5.92 Å². The average molecular weight is 560 g/mol. The Morgan fingerprint density at radius 2 is 1.77 bits per heavy atom. The van der Waals surface area contributed by atoms with Gasteiger partial charge in [0.1, 0.15) is 30.0 Å². The molecule has 1 saturated heterocycles. The summed E-state index contributed by atoms with van der Waals surface area (Å²) in [6, 6.07) is 4.45. The number of carbonyl (C=O) groups excluding carboxylic acids is 3. The molecule has 0 spiro atoms. The van der Waals surface area contributed by atoms with Crippen molar-refractivity contribution >= 4 is 26.6 Å². The second-order valence-electron chi connectivity index (χ2n) is 10.0. The fourth-order valence-electron chi connectivity index (χ4n) is 5.71. The van der Waals surface area contributed by atoms with Gasteiger partial charge in [-0.1, -0.05) is 12.1 Å². The standard InChI is InChI=1S/C27H29O11P/c1-9-20(30)25(35)26(39)27(37-9)38-15-7-10(13(29)8-28)6-12-17(15)24(34)19-18(22(12)32)21(31)11-4-3-5-14(36-2)16(11)23(19)33/h3-5,9-10,15,20,25-28,30,32,34-35H,6-8,39H2,1-2H3. The quantitative estimate of drug-likeness (QED) is 0.220. The van der Waals surface area contributed by atoms with E-state index in [0.717, 1.165) is 0 Å². The highest BCUT2D eigenvalue weighted by atomic mass is 31.0. The molecule has 2 aromatic rings. The maximum absolute atomic E-state index is 13.7. The molecule has 12 heteroatoms. The molecule has 8 unspecified atom stereocenters. The van der Waals surface area contributed by atoms with Crippen molar-refractivity contribution in [2.75, 3.05) is 13.7 Å². The lowest BCUT2D eigenvalue weighted by Crippen LogP contribution is -2.55. The number of rotatable bonds is 5. The van der Waals surface area contributed by atoms with Crippen molar-refractivity contribution in [2.45, 2.75) is 56.1 Å². The van der Waals surface area contributed by atoms with Crippen molar-refractivity contribution in [1.29, 1.82) is 0 Å². The Kier molecular flexibility index (Phi) is 7.26. The smallest absolute Gasteiger partial charge is 0.202 e. The third-order valence-electron chi connectivity index (χ3n) is 7.83. The number of aliphatic hydroxyl groups excluding tert-OH is 3. The molecule has 5 N–H and O–H groups in total. The number of hydrogen-bond donors (Lipinski definition) is 5. The van der Waals surface area contributed by atoms with Crippen LogP contribution in [-0.4, -0.2) is 86.9 Å². The third kappa shape index (κ3) is 4.25. The lowest BCUT2D eigenvalue weighted by molar-refractivity contribution is -0.259. The molecule has 2 aliphatic carbocycles. The van der Waals surface area contributed by atoms with Crippen molar-refractivity contribution in [3.8, 4) is 17.2 Å². The van der Waals surface area contributed by atoms with E-state index in [2.05, 4.69) is 9.24 Å². The highest BCUT2D eigenvalue weighted by Crippen LogP contribution is 2.52. The molecule has 11 nitrogen and oxygen atoms in total. The molecular weight excluding hydrogens is 531 g/mol. The predicted molar refractivity (Wildman–Crippen MR) is 137 cm³/mol. The van der Waals surface area contributed by atoms with Crippen LogP contribution in [0.25, 0.3) is 0 Å². The van der Waals surface area contributed by atoms with Crippen LogP contribution in [0.15, 0.2) is 18.2 Å². The Balaban J connectivity index is 1.67. The van der Waals surface area contributed by atoms with Crippen molar-refractivity contribution in [3.63, 3.8) is 0 Å². The largest absolute Gasteiger partial charge is 0.507 e. The van der Waals surface area contributed by atoms with E-state index < -0.39 is 88.9 Å². The van der Waals surface area contributed by atoms with Gasteiger partial charge in [0.05, 0.1) is 47.8 Å². The number of ether oxygens (including phenoxy) is 3. The van der Waals surface area contributed by atoms with E-state index in [1.165, 1.54) is 25.3 Å². The van der Waals surface area contributed by atoms with E-state index in [1.807, 2.05) is 0 Å². The van der Waals surface area contributed by atoms with E-state index >= 15 is 0 Å². The second kappa shape index (κ2) is 10.2. The third-order valence-corrected chi connectivity index (χ3v) is 8.54. The molecule has 0 amide bonds. The van der Waals surface area contributed by atoms with Gasteiger partial charge in [-0.15, -0.1) is 9.24 Å². The first-order valence-corrected chi connectivity index (χ1v) is 13.1. The minimum absolute atomic E-state index is 0.00167. The van der Waals surface area contributed by atoms with Crippen LogP contribution in [0.2, 0.25) is 0 Å². The van der Waals surface area contributed by atoms with Gasteiger partial charge in [0, 0.05) is 22.6 Å². The fourth-order valence-corrected chi connectivity index (χ4v) is 6.12. The summed E-state index contributed by atoms with van der Waals surface area (Å²) < 4.78 is 17.2. The first-order chi connectivity index (χ1) is 18.5. The number of aliphatic hydroxyl groups is 3. The maximum atomic E-state index is 13.7. The normalized spacial score (nSPS) is 29.8. The number of aromatic hydroxyl groups is 2. The van der Waals surface area contributed by atoms with Gasteiger partial charge < -0.3 is 39.7 Å². The molecule has 1 fully saturated rings. The number of hydrogen-bond acceptors (Lipinski definition) is 11. The Morgan fingerprint density at radius 3 is 2.44 bits per heavy atom. The van der Waals surface area contributed by atoms with Crippen LogP contribution in [-0.2, 0) is 20.7 Å². The molecule has 0 radical (unpaired) electrons. The van der Waals surface area contributed by atoms with Crippen molar-refractivity contribution < 1.29 is 54.1 Å². The summed E-state index contributed by atoms with van der Waals surface area (Å²) >= 11 is 0. The van der Waals surface area contributed by atoms with Crippen LogP contribution in [0.4, 0.5) is 0 Å². The van der Waals surface area contributed by atoms with Gasteiger partial charge >= 0.3 is 0 Å². The van der Waals surface area contributed by atoms with Gasteiger partial charge in [0.15, 0.2) is 17.9 Å². The maximum Gasteiger partial charge on any atom is 0.202 e. The molecule has 8 atom stereocenters. The number of phenolic OH excluding ortho intramolecular Hbond substituents is 2. The zero-order valence-corrected chi connectivity index (χ0v) is 22.3. The Hall–Kier alpha value is -2.92. The van der Waals surface area contributed by atoms with Crippen molar-refractivity contribution in [2.24, 2.45) is 5.92 Å². The van der Waals surface area contributed by atoms with Crippen LogP contribution in [0.3, 0.4) is 0 Å². The summed E-state index contributed by atoms with van der Waals surface area (Å²) in [5.74, 6) is -3.85. The highest BCUT2D eigenvalue weighted by Gasteiger charge is 2.47. The number of carbonyl (C=O) groups is 3. The van der Waals surface area contributed by atoms with Crippen molar-refractivity contribution in [1.82, 2.24) is 0 Å². The number of methoxy groups -OCH3 is 1. The second-order valence-corrected chi connectivity index (χ2v) is 10.8. The summed E-state index contributed by atoms with van der Waals surface area (Å²) in [5, 5.41) is 53.0. The predicted octanol–water partition coefficient (Wildman–Crippen LogP) is 0.774. The van der Waals surface area contributed by atoms with Crippen LogP contribution < -0.4 is 4.74 Å². The molecule has 5 rings (SSSR count). The summed E-state index contributed by atoms with van der Waals surface area (Å²) in [5.41, 5.74) is -1.63. The molecule has 208 valence electrons. The summed E-state index contributed by atoms with van der Waals surface area (Å²) in [6.07, 6.45) is -5.66. The van der Waals surface area contributed by atoms with Gasteiger partial charge in [-0.3, -0.25) is 14.4 Å². The van der Waals surface area contributed by atoms with E-state index in [4.69, 9.17) is 14.2 Å². The summed E-state index contributed by atoms with van der Waals surface area (Å²) in [7, 11) is 3.68. The average Bonchev–Trinajstić information content (AvgIpc) is 2.93. The molecule has 39 heavy (non-hydrogen) atoms. The Labute approximate surface area is 225 Å². The van der Waals surface area contributed by atoms with Crippen LogP contribution >= 0.6 is 9.24 Å². The molecule has 3 aliphatic rings. The lowest BCUT2D eigenvalue weighted by Gasteiger charge is -2.42. The number of Topliss-reactive ketones (excluding diaryl/α,β-unsaturated/α-hetero) is 1. The van der Waals surface area contributed by atoms with Crippen molar-refractivity contribution in [3.05, 3.63) is 51.6 Å². The van der Waals surface area contributed by atoms with Gasteiger partial charge in [-0.05, 0) is 25.8 Å². The van der Waals surface area contributed by atoms with E-state index in [-0.39, 0.29) is 40.8 Å².